The molecule has 0 aliphatic heterocycles. The number of allylic oxidation sites excluding steroid dienone is 1. The van der Waals surface area contributed by atoms with Crippen LogP contribution in [0.1, 0.15) is 19.3 Å². The predicted octanol–water partition coefficient (Wildman–Crippen LogP) is 0.630. The Morgan fingerprint density at radius 3 is 3.17 bits per heavy atom. The number of rotatable bonds is 1. The van der Waals surface area contributed by atoms with E-state index in [1.807, 2.05) is 0 Å². The molecule has 4 heteroatoms. The normalized spacial score (nSPS) is 23.8. The van der Waals surface area contributed by atoms with Gasteiger partial charge in [-0.15, -0.1) is 0 Å². The lowest BCUT2D eigenvalue weighted by Gasteiger charge is -2.16. The molecule has 1 aromatic rings. The third kappa shape index (κ3) is 1.38. The third-order valence-corrected chi connectivity index (χ3v) is 2.09. The molecule has 1 aliphatic carbocycles. The first-order chi connectivity index (χ1) is 5.86. The number of nitrogens with two attached hydrogens (primary N) is 1. The summed E-state index contributed by atoms with van der Waals surface area (Å²) in [5, 5.41) is 4.06. The van der Waals surface area contributed by atoms with E-state index < -0.39 is 0 Å². The summed E-state index contributed by atoms with van der Waals surface area (Å²) in [4.78, 5) is 3.89. The number of hydrogen-bond acceptors (Lipinski definition) is 3. The molecule has 0 radical (unpaired) electrons. The molecular weight excluding hydrogens is 152 g/mol. The van der Waals surface area contributed by atoms with Crippen LogP contribution < -0.4 is 5.73 Å². The average molecular weight is 164 g/mol. The zero-order valence-electron chi connectivity index (χ0n) is 6.85. The van der Waals surface area contributed by atoms with Crippen molar-refractivity contribution in [3.8, 4) is 0 Å². The van der Waals surface area contributed by atoms with Crippen molar-refractivity contribution in [1.29, 1.82) is 0 Å². The molecule has 0 amide bonds. The Hall–Kier alpha value is -1.16. The van der Waals surface area contributed by atoms with Gasteiger partial charge >= 0.3 is 0 Å². The molecule has 12 heavy (non-hydrogen) atoms. The zero-order chi connectivity index (χ0) is 8.39. The smallest absolute Gasteiger partial charge is 0.138 e. The molecule has 0 aromatic carbocycles. The molecule has 64 valence electrons. The minimum atomic E-state index is 0.193. The average Bonchev–Trinajstić information content (AvgIpc) is 2.56. The molecule has 1 aromatic heterocycles. The van der Waals surface area contributed by atoms with Crippen molar-refractivity contribution in [3.63, 3.8) is 0 Å². The van der Waals surface area contributed by atoms with Crippen LogP contribution in [0.2, 0.25) is 0 Å². The van der Waals surface area contributed by atoms with Gasteiger partial charge in [-0.05, 0) is 25.3 Å². The third-order valence-electron chi connectivity index (χ3n) is 2.09. The summed E-state index contributed by atoms with van der Waals surface area (Å²) in [5.41, 5.74) is 6.97. The number of aromatic nitrogens is 3. The lowest BCUT2D eigenvalue weighted by Crippen LogP contribution is -2.21. The Morgan fingerprint density at radius 1 is 1.58 bits per heavy atom. The summed E-state index contributed by atoms with van der Waals surface area (Å²) in [6.45, 7) is 0. The molecular formula is C8H12N4. The van der Waals surface area contributed by atoms with Gasteiger partial charge < -0.3 is 5.73 Å². The van der Waals surface area contributed by atoms with E-state index in [2.05, 4.69) is 16.2 Å². The molecule has 0 spiro atoms. The fraction of sp³-hybridized carbons (Fsp3) is 0.500. The maximum Gasteiger partial charge on any atom is 0.138 e. The molecule has 1 atom stereocenters. The van der Waals surface area contributed by atoms with Crippen molar-refractivity contribution in [2.75, 3.05) is 0 Å². The topological polar surface area (TPSA) is 56.7 Å². The van der Waals surface area contributed by atoms with Gasteiger partial charge in [0.25, 0.3) is 0 Å². The minimum absolute atomic E-state index is 0.193. The van der Waals surface area contributed by atoms with Gasteiger partial charge in [0.2, 0.25) is 0 Å². The highest BCUT2D eigenvalue weighted by atomic mass is 15.3. The number of nitrogens with zero attached hydrogens (tertiary/aromatic N) is 3. The van der Waals surface area contributed by atoms with Crippen LogP contribution in [0.25, 0.3) is 5.70 Å². The Balaban J connectivity index is 2.23. The van der Waals surface area contributed by atoms with E-state index in [1.165, 1.54) is 5.70 Å². The van der Waals surface area contributed by atoms with Crippen molar-refractivity contribution in [2.24, 2.45) is 5.73 Å². The van der Waals surface area contributed by atoms with Crippen molar-refractivity contribution in [3.05, 3.63) is 18.7 Å². The van der Waals surface area contributed by atoms with Crippen LogP contribution in [0.15, 0.2) is 18.7 Å². The van der Waals surface area contributed by atoms with E-state index in [0.29, 0.717) is 0 Å². The molecule has 4 nitrogen and oxygen atoms in total. The Bertz CT molecular complexity index is 275. The molecule has 2 N–H and O–H groups in total. The Labute approximate surface area is 71.1 Å². The summed E-state index contributed by atoms with van der Waals surface area (Å²) < 4.78 is 1.79. The van der Waals surface area contributed by atoms with Crippen molar-refractivity contribution < 1.29 is 0 Å². The van der Waals surface area contributed by atoms with Gasteiger partial charge in [0.1, 0.15) is 12.7 Å². The fourth-order valence-electron chi connectivity index (χ4n) is 1.48. The van der Waals surface area contributed by atoms with Gasteiger partial charge in [-0.3, -0.25) is 0 Å². The fourth-order valence-corrected chi connectivity index (χ4v) is 1.48. The number of hydrogen-bond donors (Lipinski definition) is 1. The lowest BCUT2D eigenvalue weighted by atomic mass is 10.0. The van der Waals surface area contributed by atoms with Gasteiger partial charge in [-0.25, -0.2) is 9.67 Å². The van der Waals surface area contributed by atoms with E-state index in [-0.39, 0.29) is 6.04 Å². The predicted molar refractivity (Wildman–Crippen MR) is 46.1 cm³/mol. The molecule has 1 heterocycles. The summed E-state index contributed by atoms with van der Waals surface area (Å²) in [6.07, 6.45) is 8.60. The summed E-state index contributed by atoms with van der Waals surface area (Å²) in [5.74, 6) is 0. The highest BCUT2D eigenvalue weighted by molar-refractivity contribution is 5.45. The maximum absolute atomic E-state index is 5.79. The molecule has 0 bridgehead atoms. The molecule has 2 rings (SSSR count). The van der Waals surface area contributed by atoms with Crippen molar-refractivity contribution >= 4 is 5.70 Å². The monoisotopic (exact) mass is 164 g/mol. The SMILES string of the molecule is NC1C=C(n2cncn2)CCC1. The first kappa shape index (κ1) is 7.49. The molecule has 0 saturated heterocycles. The molecule has 0 fully saturated rings. The van der Waals surface area contributed by atoms with Gasteiger partial charge in [-0.1, -0.05) is 0 Å². The lowest BCUT2D eigenvalue weighted by molar-refractivity contribution is 0.630. The summed E-state index contributed by atoms with van der Waals surface area (Å²) >= 11 is 0. The van der Waals surface area contributed by atoms with Gasteiger partial charge in [0.05, 0.1) is 0 Å². The second-order valence-electron chi connectivity index (χ2n) is 3.05. The van der Waals surface area contributed by atoms with Crippen LogP contribution in [0.5, 0.6) is 0 Å². The van der Waals surface area contributed by atoms with E-state index in [4.69, 9.17) is 5.73 Å². The van der Waals surface area contributed by atoms with E-state index in [9.17, 15) is 0 Å². The first-order valence-corrected chi connectivity index (χ1v) is 4.17. The largest absolute Gasteiger partial charge is 0.324 e. The molecule has 1 unspecified atom stereocenters. The summed E-state index contributed by atoms with van der Waals surface area (Å²) in [6, 6.07) is 0.193. The van der Waals surface area contributed by atoms with Crippen LogP contribution in [0.3, 0.4) is 0 Å². The second-order valence-corrected chi connectivity index (χ2v) is 3.05. The van der Waals surface area contributed by atoms with Gasteiger partial charge in [0.15, 0.2) is 0 Å². The van der Waals surface area contributed by atoms with Gasteiger partial charge in [0, 0.05) is 11.7 Å². The molecule has 0 saturated carbocycles. The summed E-state index contributed by atoms with van der Waals surface area (Å²) in [7, 11) is 0. The van der Waals surface area contributed by atoms with Gasteiger partial charge in [-0.2, -0.15) is 5.10 Å². The highest BCUT2D eigenvalue weighted by Crippen LogP contribution is 2.19. The maximum atomic E-state index is 5.79. The minimum Gasteiger partial charge on any atom is -0.324 e. The Kier molecular flexibility index (Phi) is 1.91. The van der Waals surface area contributed by atoms with E-state index >= 15 is 0 Å². The van der Waals surface area contributed by atoms with E-state index in [0.717, 1.165) is 19.3 Å². The quantitative estimate of drug-likeness (QED) is 0.662. The van der Waals surface area contributed by atoms with Crippen LogP contribution >= 0.6 is 0 Å². The van der Waals surface area contributed by atoms with Crippen LogP contribution in [0, 0.1) is 0 Å². The second kappa shape index (κ2) is 3.06. The van der Waals surface area contributed by atoms with Crippen molar-refractivity contribution in [1.82, 2.24) is 14.8 Å². The Morgan fingerprint density at radius 2 is 2.50 bits per heavy atom. The first-order valence-electron chi connectivity index (χ1n) is 4.17. The standard InChI is InChI=1S/C8H12N4/c9-7-2-1-3-8(4-7)12-6-10-5-11-12/h4-7H,1-3,9H2. The zero-order valence-corrected chi connectivity index (χ0v) is 6.85. The van der Waals surface area contributed by atoms with Crippen LogP contribution in [0.4, 0.5) is 0 Å². The van der Waals surface area contributed by atoms with Crippen LogP contribution in [-0.2, 0) is 0 Å². The van der Waals surface area contributed by atoms with Crippen molar-refractivity contribution in [2.45, 2.75) is 25.3 Å². The van der Waals surface area contributed by atoms with Crippen LogP contribution in [-0.4, -0.2) is 20.8 Å². The van der Waals surface area contributed by atoms with E-state index in [1.54, 1.807) is 17.3 Å². The highest BCUT2D eigenvalue weighted by Gasteiger charge is 2.10. The molecule has 1 aliphatic rings.